The minimum atomic E-state index is -0.775. The van der Waals surface area contributed by atoms with Gasteiger partial charge in [0.2, 0.25) is 0 Å². The molecule has 1 fully saturated rings. The second kappa shape index (κ2) is 6.36. The molecule has 1 atom stereocenters. The number of halogens is 2. The van der Waals surface area contributed by atoms with E-state index < -0.39 is 11.6 Å². The molecule has 1 nitrogen and oxygen atoms in total. The molecular weight excluding hydrogens is 240 g/mol. The van der Waals surface area contributed by atoms with E-state index in [0.29, 0.717) is 6.04 Å². The van der Waals surface area contributed by atoms with Crippen LogP contribution in [0.4, 0.5) is 8.78 Å². The van der Waals surface area contributed by atoms with Gasteiger partial charge >= 0.3 is 0 Å². The highest BCUT2D eigenvalue weighted by atomic mass is 32.2. The van der Waals surface area contributed by atoms with Crippen molar-refractivity contribution in [2.24, 2.45) is 0 Å². The van der Waals surface area contributed by atoms with Crippen LogP contribution in [0.25, 0.3) is 0 Å². The van der Waals surface area contributed by atoms with Gasteiger partial charge in [0.25, 0.3) is 0 Å². The normalized spacial score (nSPS) is 20.5. The maximum atomic E-state index is 13.0. The third-order valence-corrected chi connectivity index (χ3v) is 4.07. The van der Waals surface area contributed by atoms with Crippen molar-refractivity contribution in [1.29, 1.82) is 0 Å². The first-order chi connectivity index (χ1) is 8.25. The van der Waals surface area contributed by atoms with Crippen LogP contribution in [0, 0.1) is 11.6 Å². The molecule has 4 heteroatoms. The number of benzene rings is 1. The van der Waals surface area contributed by atoms with Crippen LogP contribution in [0.3, 0.4) is 0 Å². The lowest BCUT2D eigenvalue weighted by Gasteiger charge is -2.23. The summed E-state index contributed by atoms with van der Waals surface area (Å²) in [5.41, 5.74) is 0. The minimum absolute atomic E-state index is 0.599. The summed E-state index contributed by atoms with van der Waals surface area (Å²) in [4.78, 5) is 0.805. The van der Waals surface area contributed by atoms with Crippen LogP contribution in [-0.2, 0) is 0 Å². The SMILES string of the molecule is Fc1ccc(SCCC2CCCCN2)cc1F. The summed E-state index contributed by atoms with van der Waals surface area (Å²) in [6, 6.07) is 4.70. The summed E-state index contributed by atoms with van der Waals surface area (Å²) in [5, 5.41) is 3.48. The Hall–Kier alpha value is -0.610. The summed E-state index contributed by atoms with van der Waals surface area (Å²) in [7, 11) is 0. The largest absolute Gasteiger partial charge is 0.314 e. The van der Waals surface area contributed by atoms with Gasteiger partial charge in [0, 0.05) is 10.9 Å². The molecule has 1 heterocycles. The molecule has 0 saturated carbocycles. The highest BCUT2D eigenvalue weighted by molar-refractivity contribution is 7.99. The Bertz CT molecular complexity index is 364. The number of rotatable bonds is 4. The highest BCUT2D eigenvalue weighted by Gasteiger charge is 2.12. The standard InChI is InChI=1S/C13H17F2NS/c14-12-5-4-11(9-13(12)15)17-8-6-10-3-1-2-7-16-10/h4-5,9-10,16H,1-3,6-8H2. The number of hydrogen-bond acceptors (Lipinski definition) is 2. The summed E-state index contributed by atoms with van der Waals surface area (Å²) >= 11 is 1.59. The Morgan fingerprint density at radius 3 is 2.82 bits per heavy atom. The monoisotopic (exact) mass is 257 g/mol. The molecule has 0 aliphatic carbocycles. The fourth-order valence-electron chi connectivity index (χ4n) is 2.06. The van der Waals surface area contributed by atoms with Gasteiger partial charge in [-0.3, -0.25) is 0 Å². The molecule has 1 aliphatic rings. The van der Waals surface area contributed by atoms with Crippen molar-refractivity contribution < 1.29 is 8.78 Å². The maximum Gasteiger partial charge on any atom is 0.159 e. The van der Waals surface area contributed by atoms with Gasteiger partial charge in [-0.25, -0.2) is 8.78 Å². The lowest BCUT2D eigenvalue weighted by Crippen LogP contribution is -2.34. The molecule has 0 radical (unpaired) electrons. The maximum absolute atomic E-state index is 13.0. The second-order valence-electron chi connectivity index (χ2n) is 4.36. The number of piperidine rings is 1. The molecule has 1 aromatic carbocycles. The van der Waals surface area contributed by atoms with Crippen molar-refractivity contribution >= 4 is 11.8 Å². The molecule has 1 N–H and O–H groups in total. The van der Waals surface area contributed by atoms with E-state index in [1.807, 2.05) is 0 Å². The van der Waals surface area contributed by atoms with Crippen LogP contribution in [-0.4, -0.2) is 18.3 Å². The molecule has 1 aliphatic heterocycles. The molecular formula is C13H17F2NS. The van der Waals surface area contributed by atoms with Crippen LogP contribution >= 0.6 is 11.8 Å². The summed E-state index contributed by atoms with van der Waals surface area (Å²) < 4.78 is 25.7. The average molecular weight is 257 g/mol. The Balaban J connectivity index is 1.75. The van der Waals surface area contributed by atoms with Crippen LogP contribution in [0.2, 0.25) is 0 Å². The van der Waals surface area contributed by atoms with Gasteiger partial charge in [0.15, 0.2) is 11.6 Å². The minimum Gasteiger partial charge on any atom is -0.314 e. The Labute approximate surface area is 105 Å². The number of nitrogens with one attached hydrogen (secondary N) is 1. The molecule has 94 valence electrons. The zero-order valence-corrected chi connectivity index (χ0v) is 10.5. The fourth-order valence-corrected chi connectivity index (χ4v) is 3.05. The van der Waals surface area contributed by atoms with Crippen molar-refractivity contribution in [3.63, 3.8) is 0 Å². The zero-order chi connectivity index (χ0) is 12.1. The average Bonchev–Trinajstić information content (AvgIpc) is 2.35. The molecule has 0 spiro atoms. The predicted molar refractivity (Wildman–Crippen MR) is 67.3 cm³/mol. The lowest BCUT2D eigenvalue weighted by molar-refractivity contribution is 0.395. The summed E-state index contributed by atoms with van der Waals surface area (Å²) in [5.74, 6) is -0.586. The molecule has 1 unspecified atom stereocenters. The fraction of sp³-hybridized carbons (Fsp3) is 0.538. The van der Waals surface area contributed by atoms with E-state index in [1.54, 1.807) is 17.8 Å². The molecule has 2 rings (SSSR count). The smallest absolute Gasteiger partial charge is 0.159 e. The Morgan fingerprint density at radius 2 is 2.12 bits per heavy atom. The summed E-state index contributed by atoms with van der Waals surface area (Å²) in [6.45, 7) is 1.11. The van der Waals surface area contributed by atoms with Crippen LogP contribution in [0.1, 0.15) is 25.7 Å². The van der Waals surface area contributed by atoms with Crippen molar-refractivity contribution in [3.05, 3.63) is 29.8 Å². The number of hydrogen-bond donors (Lipinski definition) is 1. The van der Waals surface area contributed by atoms with E-state index in [1.165, 1.54) is 31.4 Å². The lowest BCUT2D eigenvalue weighted by atomic mass is 10.0. The van der Waals surface area contributed by atoms with Gasteiger partial charge in [-0.1, -0.05) is 6.42 Å². The van der Waals surface area contributed by atoms with Gasteiger partial charge in [-0.15, -0.1) is 11.8 Å². The van der Waals surface area contributed by atoms with Crippen LogP contribution in [0.15, 0.2) is 23.1 Å². The molecule has 0 aromatic heterocycles. The zero-order valence-electron chi connectivity index (χ0n) is 9.72. The highest BCUT2D eigenvalue weighted by Crippen LogP contribution is 2.22. The third-order valence-electron chi connectivity index (χ3n) is 3.04. The van der Waals surface area contributed by atoms with Gasteiger partial charge < -0.3 is 5.32 Å². The molecule has 1 aromatic rings. The molecule has 17 heavy (non-hydrogen) atoms. The van der Waals surface area contributed by atoms with Crippen molar-refractivity contribution in [3.8, 4) is 0 Å². The third kappa shape index (κ3) is 3.96. The Morgan fingerprint density at radius 1 is 1.24 bits per heavy atom. The first-order valence-electron chi connectivity index (χ1n) is 6.07. The van der Waals surface area contributed by atoms with E-state index in [-0.39, 0.29) is 0 Å². The molecule has 1 saturated heterocycles. The first kappa shape index (κ1) is 12.8. The first-order valence-corrected chi connectivity index (χ1v) is 7.05. The van der Waals surface area contributed by atoms with E-state index in [9.17, 15) is 8.78 Å². The van der Waals surface area contributed by atoms with Gasteiger partial charge in [0.05, 0.1) is 0 Å². The Kier molecular flexibility index (Phi) is 4.80. The van der Waals surface area contributed by atoms with E-state index >= 15 is 0 Å². The van der Waals surface area contributed by atoms with Crippen LogP contribution < -0.4 is 5.32 Å². The van der Waals surface area contributed by atoms with Crippen molar-refractivity contribution in [1.82, 2.24) is 5.32 Å². The van der Waals surface area contributed by atoms with E-state index in [0.717, 1.165) is 23.6 Å². The molecule has 0 bridgehead atoms. The van der Waals surface area contributed by atoms with Gasteiger partial charge in [0.1, 0.15) is 0 Å². The molecule has 0 amide bonds. The van der Waals surface area contributed by atoms with Crippen molar-refractivity contribution in [2.45, 2.75) is 36.6 Å². The van der Waals surface area contributed by atoms with E-state index in [4.69, 9.17) is 0 Å². The quantitative estimate of drug-likeness (QED) is 0.827. The predicted octanol–water partition coefficient (Wildman–Crippen LogP) is 3.59. The second-order valence-corrected chi connectivity index (χ2v) is 5.53. The van der Waals surface area contributed by atoms with E-state index in [2.05, 4.69) is 5.32 Å². The number of thioether (sulfide) groups is 1. The van der Waals surface area contributed by atoms with Gasteiger partial charge in [-0.2, -0.15) is 0 Å². The van der Waals surface area contributed by atoms with Gasteiger partial charge in [-0.05, 0) is 49.8 Å². The van der Waals surface area contributed by atoms with Crippen molar-refractivity contribution in [2.75, 3.05) is 12.3 Å². The topological polar surface area (TPSA) is 12.0 Å². The van der Waals surface area contributed by atoms with Crippen LogP contribution in [0.5, 0.6) is 0 Å². The summed E-state index contributed by atoms with van der Waals surface area (Å²) in [6.07, 6.45) is 4.89.